The molecule has 0 spiro atoms. The number of alkyl halides is 1. The van der Waals surface area contributed by atoms with Gasteiger partial charge in [-0.2, -0.15) is 0 Å². The van der Waals surface area contributed by atoms with Crippen molar-refractivity contribution in [3.8, 4) is 0 Å². The fraction of sp³-hybridized carbons (Fsp3) is 0.364. The molecule has 0 N–H and O–H groups in total. The summed E-state index contributed by atoms with van der Waals surface area (Å²) >= 11 is 6.71. The number of halogens is 2. The smallest absolute Gasteiger partial charge is 0.153 e. The van der Waals surface area contributed by atoms with E-state index >= 15 is 0 Å². The highest BCUT2D eigenvalue weighted by atomic mass is 79.9. The number of hydrogen-bond acceptors (Lipinski definition) is 1. The van der Waals surface area contributed by atoms with Gasteiger partial charge in [0.2, 0.25) is 0 Å². The second-order valence-corrected chi connectivity index (χ2v) is 6.60. The van der Waals surface area contributed by atoms with Crippen molar-refractivity contribution >= 4 is 37.6 Å². The van der Waals surface area contributed by atoms with Crippen LogP contribution < -0.4 is 0 Å². The van der Waals surface area contributed by atoms with E-state index in [1.54, 1.807) is 0 Å². The molecule has 1 aromatic carbocycles. The van der Waals surface area contributed by atoms with Crippen molar-refractivity contribution in [3.05, 3.63) is 34.3 Å². The Morgan fingerprint density at radius 2 is 1.79 bits per heavy atom. The second kappa shape index (κ2) is 4.58. The molecule has 0 aromatic heterocycles. The molecule has 0 aliphatic rings. The molecule has 0 unspecified atom stereocenters. The van der Waals surface area contributed by atoms with Crippen LogP contribution in [0.25, 0.3) is 0 Å². The average molecular weight is 320 g/mol. The summed E-state index contributed by atoms with van der Waals surface area (Å²) in [5.41, 5.74) is 1.05. The first-order valence-corrected chi connectivity index (χ1v) is 5.95. The Kier molecular flexibility index (Phi) is 3.90. The normalized spacial score (nSPS) is 11.4. The van der Waals surface area contributed by atoms with Crippen LogP contribution in [-0.2, 0) is 11.2 Å². The minimum Gasteiger partial charge on any atom is -0.298 e. The van der Waals surface area contributed by atoms with E-state index in [2.05, 4.69) is 31.9 Å². The Morgan fingerprint density at radius 1 is 1.29 bits per heavy atom. The summed E-state index contributed by atoms with van der Waals surface area (Å²) in [6.45, 7) is 3.74. The van der Waals surface area contributed by atoms with Gasteiger partial charge in [-0.25, -0.2) is 0 Å². The van der Waals surface area contributed by atoms with Gasteiger partial charge in [-0.15, -0.1) is 0 Å². The molecule has 0 heterocycles. The largest absolute Gasteiger partial charge is 0.298 e. The standard InChI is InChI=1S/C11H12Br2O/c1-11(2,13)10(14)7-8-3-5-9(12)6-4-8/h3-6H,7H2,1-2H3. The third-order valence-corrected chi connectivity index (χ3v) is 2.91. The molecule has 14 heavy (non-hydrogen) atoms. The minimum absolute atomic E-state index is 0.194. The lowest BCUT2D eigenvalue weighted by molar-refractivity contribution is -0.119. The van der Waals surface area contributed by atoms with Crippen molar-refractivity contribution in [1.82, 2.24) is 0 Å². The van der Waals surface area contributed by atoms with Crippen LogP contribution >= 0.6 is 31.9 Å². The highest BCUT2D eigenvalue weighted by Crippen LogP contribution is 2.20. The van der Waals surface area contributed by atoms with Crippen LogP contribution in [0.4, 0.5) is 0 Å². The zero-order valence-corrected chi connectivity index (χ0v) is 11.4. The summed E-state index contributed by atoms with van der Waals surface area (Å²) in [5.74, 6) is 0.194. The van der Waals surface area contributed by atoms with Crippen LogP contribution in [0.3, 0.4) is 0 Å². The monoisotopic (exact) mass is 318 g/mol. The van der Waals surface area contributed by atoms with E-state index in [0.29, 0.717) is 6.42 Å². The zero-order valence-electron chi connectivity index (χ0n) is 8.18. The van der Waals surface area contributed by atoms with Crippen molar-refractivity contribution < 1.29 is 4.79 Å². The molecule has 0 aliphatic heterocycles. The van der Waals surface area contributed by atoms with Crippen molar-refractivity contribution in [2.75, 3.05) is 0 Å². The number of benzene rings is 1. The molecule has 0 fully saturated rings. The maximum Gasteiger partial charge on any atom is 0.153 e. The average Bonchev–Trinajstić information content (AvgIpc) is 2.07. The molecule has 76 valence electrons. The maximum absolute atomic E-state index is 11.7. The summed E-state index contributed by atoms with van der Waals surface area (Å²) in [4.78, 5) is 11.7. The highest BCUT2D eigenvalue weighted by Gasteiger charge is 2.23. The molecule has 0 saturated carbocycles. The summed E-state index contributed by atoms with van der Waals surface area (Å²) < 4.78 is 0.604. The first-order valence-electron chi connectivity index (χ1n) is 4.36. The molecular formula is C11H12Br2O. The lowest BCUT2D eigenvalue weighted by Gasteiger charge is -2.14. The molecule has 0 aliphatic carbocycles. The van der Waals surface area contributed by atoms with Crippen molar-refractivity contribution in [2.24, 2.45) is 0 Å². The van der Waals surface area contributed by atoms with Crippen LogP contribution in [0.1, 0.15) is 19.4 Å². The van der Waals surface area contributed by atoms with E-state index in [1.807, 2.05) is 38.1 Å². The summed E-state index contributed by atoms with van der Waals surface area (Å²) in [6, 6.07) is 7.81. The molecular weight excluding hydrogens is 308 g/mol. The quantitative estimate of drug-likeness (QED) is 0.776. The van der Waals surface area contributed by atoms with Gasteiger partial charge in [-0.3, -0.25) is 4.79 Å². The van der Waals surface area contributed by atoms with E-state index < -0.39 is 4.32 Å². The third-order valence-electron chi connectivity index (χ3n) is 1.94. The Hall–Kier alpha value is -0.150. The van der Waals surface area contributed by atoms with Gasteiger partial charge in [-0.1, -0.05) is 44.0 Å². The highest BCUT2D eigenvalue weighted by molar-refractivity contribution is 9.10. The van der Waals surface area contributed by atoms with Crippen molar-refractivity contribution in [3.63, 3.8) is 0 Å². The number of carbonyl (C=O) groups excluding carboxylic acids is 1. The Balaban J connectivity index is 2.71. The maximum atomic E-state index is 11.7. The van der Waals surface area contributed by atoms with Crippen LogP contribution in [0.2, 0.25) is 0 Å². The number of rotatable bonds is 3. The van der Waals surface area contributed by atoms with Gasteiger partial charge >= 0.3 is 0 Å². The van der Waals surface area contributed by atoms with E-state index in [0.717, 1.165) is 10.0 Å². The van der Waals surface area contributed by atoms with Crippen molar-refractivity contribution in [1.29, 1.82) is 0 Å². The SMILES string of the molecule is CC(C)(Br)C(=O)Cc1ccc(Br)cc1. The van der Waals surface area contributed by atoms with Crippen LogP contribution in [0, 0.1) is 0 Å². The van der Waals surface area contributed by atoms with Crippen molar-refractivity contribution in [2.45, 2.75) is 24.6 Å². The molecule has 0 atom stereocenters. The van der Waals surface area contributed by atoms with Gasteiger partial charge in [-0.05, 0) is 31.5 Å². The van der Waals surface area contributed by atoms with E-state index in [1.165, 1.54) is 0 Å². The van der Waals surface area contributed by atoms with Gasteiger partial charge < -0.3 is 0 Å². The Labute approximate surface area is 101 Å². The van der Waals surface area contributed by atoms with Crippen LogP contribution in [0.15, 0.2) is 28.7 Å². The lowest BCUT2D eigenvalue weighted by atomic mass is 10.0. The first kappa shape index (κ1) is 11.9. The fourth-order valence-electron chi connectivity index (χ4n) is 0.998. The predicted molar refractivity (Wildman–Crippen MR) is 65.9 cm³/mol. The number of carbonyl (C=O) groups is 1. The second-order valence-electron chi connectivity index (χ2n) is 3.70. The molecule has 0 amide bonds. The molecule has 0 radical (unpaired) electrons. The van der Waals surface area contributed by atoms with Gasteiger partial charge in [0.25, 0.3) is 0 Å². The van der Waals surface area contributed by atoms with E-state index in [-0.39, 0.29) is 5.78 Å². The number of ketones is 1. The van der Waals surface area contributed by atoms with Gasteiger partial charge in [0.15, 0.2) is 5.78 Å². The molecule has 0 bridgehead atoms. The van der Waals surface area contributed by atoms with E-state index in [4.69, 9.17) is 0 Å². The Bertz CT molecular complexity index is 322. The molecule has 1 aromatic rings. The number of Topliss-reactive ketones (excluding diaryl/α,β-unsaturated/α-hetero) is 1. The van der Waals surface area contributed by atoms with E-state index in [9.17, 15) is 4.79 Å². The fourth-order valence-corrected chi connectivity index (χ4v) is 1.40. The third kappa shape index (κ3) is 3.54. The molecule has 3 heteroatoms. The topological polar surface area (TPSA) is 17.1 Å². The van der Waals surface area contributed by atoms with Crippen LogP contribution in [-0.4, -0.2) is 10.1 Å². The lowest BCUT2D eigenvalue weighted by Crippen LogP contribution is -2.25. The molecule has 0 saturated heterocycles. The summed E-state index contributed by atoms with van der Waals surface area (Å²) in [6.07, 6.45) is 0.478. The summed E-state index contributed by atoms with van der Waals surface area (Å²) in [7, 11) is 0. The molecule has 1 rings (SSSR count). The predicted octanol–water partition coefficient (Wildman–Crippen LogP) is 3.73. The van der Waals surface area contributed by atoms with Gasteiger partial charge in [0.1, 0.15) is 0 Å². The van der Waals surface area contributed by atoms with Gasteiger partial charge in [0, 0.05) is 10.9 Å². The van der Waals surface area contributed by atoms with Gasteiger partial charge in [0.05, 0.1) is 4.32 Å². The number of hydrogen-bond donors (Lipinski definition) is 0. The Morgan fingerprint density at radius 3 is 2.21 bits per heavy atom. The summed E-state index contributed by atoms with van der Waals surface area (Å²) in [5, 5.41) is 0. The zero-order chi connectivity index (χ0) is 10.8. The minimum atomic E-state index is -0.430. The molecule has 1 nitrogen and oxygen atoms in total. The first-order chi connectivity index (χ1) is 6.39. The van der Waals surface area contributed by atoms with Crippen LogP contribution in [0.5, 0.6) is 0 Å².